The van der Waals surface area contributed by atoms with Crippen LogP contribution in [0.1, 0.15) is 18.4 Å². The fraction of sp³-hybridized carbons (Fsp3) is 0.160. The Morgan fingerprint density at radius 2 is 1.91 bits per heavy atom. The first-order chi connectivity index (χ1) is 15.5. The molecule has 0 atom stereocenters. The standard InChI is InChI=1S/C25H22N2O3S2/c1-30-21-9-4-6-17(14-21)15-22-24(29)27(25(31)32-22)13-5-10-23(28)26-20-12-11-18-7-2-3-8-19(18)16-20/h2-4,6-9,11-12,14-16H,5,10,13H2,1H3,(H,26,28)/b22-15-. The van der Waals surface area contributed by atoms with Crippen molar-refractivity contribution in [1.29, 1.82) is 0 Å². The monoisotopic (exact) mass is 462 g/mol. The second kappa shape index (κ2) is 9.97. The summed E-state index contributed by atoms with van der Waals surface area (Å²) in [4.78, 5) is 27.3. The van der Waals surface area contributed by atoms with E-state index >= 15 is 0 Å². The van der Waals surface area contributed by atoms with Gasteiger partial charge in [0.25, 0.3) is 5.91 Å². The Labute approximate surface area is 196 Å². The van der Waals surface area contributed by atoms with E-state index in [0.717, 1.165) is 27.8 Å². The second-order valence-electron chi connectivity index (χ2n) is 7.32. The molecule has 3 aromatic rings. The van der Waals surface area contributed by atoms with Gasteiger partial charge in [0.05, 0.1) is 12.0 Å². The molecule has 3 aromatic carbocycles. The first-order valence-corrected chi connectivity index (χ1v) is 11.4. The third-order valence-corrected chi connectivity index (χ3v) is 6.46. The number of hydrogen-bond donors (Lipinski definition) is 1. The van der Waals surface area contributed by atoms with E-state index in [4.69, 9.17) is 17.0 Å². The Balaban J connectivity index is 1.32. The van der Waals surface area contributed by atoms with E-state index in [-0.39, 0.29) is 11.8 Å². The number of hydrogen-bond acceptors (Lipinski definition) is 5. The molecule has 0 radical (unpaired) electrons. The fourth-order valence-electron chi connectivity index (χ4n) is 3.46. The number of methoxy groups -OCH3 is 1. The Hall–Kier alpha value is -3.16. The molecule has 0 spiro atoms. The van der Waals surface area contributed by atoms with Gasteiger partial charge in [0.15, 0.2) is 0 Å². The van der Waals surface area contributed by atoms with Gasteiger partial charge < -0.3 is 10.1 Å². The average Bonchev–Trinajstić information content (AvgIpc) is 3.06. The molecule has 0 aliphatic carbocycles. The Morgan fingerprint density at radius 3 is 2.72 bits per heavy atom. The molecule has 32 heavy (non-hydrogen) atoms. The van der Waals surface area contributed by atoms with Crippen molar-refractivity contribution in [2.24, 2.45) is 0 Å². The molecule has 1 fully saturated rings. The second-order valence-corrected chi connectivity index (χ2v) is 9.00. The number of thiocarbonyl (C=S) groups is 1. The Morgan fingerprint density at radius 1 is 1.09 bits per heavy atom. The molecule has 0 unspecified atom stereocenters. The molecular weight excluding hydrogens is 440 g/mol. The number of thioether (sulfide) groups is 1. The van der Waals surface area contributed by atoms with Crippen molar-refractivity contribution >= 4 is 62.7 Å². The lowest BCUT2D eigenvalue weighted by Gasteiger charge is -2.14. The largest absolute Gasteiger partial charge is 0.497 e. The number of nitrogens with zero attached hydrogens (tertiary/aromatic N) is 1. The minimum atomic E-state index is -0.127. The number of anilines is 1. The predicted molar refractivity (Wildman–Crippen MR) is 135 cm³/mol. The van der Waals surface area contributed by atoms with Gasteiger partial charge in [-0.2, -0.15) is 0 Å². The number of ether oxygens (including phenoxy) is 1. The maximum Gasteiger partial charge on any atom is 0.266 e. The maximum absolute atomic E-state index is 12.8. The van der Waals surface area contributed by atoms with Crippen molar-refractivity contribution in [2.45, 2.75) is 12.8 Å². The zero-order valence-electron chi connectivity index (χ0n) is 17.5. The van der Waals surface area contributed by atoms with Gasteiger partial charge >= 0.3 is 0 Å². The van der Waals surface area contributed by atoms with Gasteiger partial charge in [0, 0.05) is 18.7 Å². The van der Waals surface area contributed by atoms with Gasteiger partial charge in [-0.3, -0.25) is 14.5 Å². The summed E-state index contributed by atoms with van der Waals surface area (Å²) in [7, 11) is 1.61. The van der Waals surface area contributed by atoms with Crippen LogP contribution in [-0.2, 0) is 9.59 Å². The van der Waals surface area contributed by atoms with E-state index in [0.29, 0.717) is 28.6 Å². The summed E-state index contributed by atoms with van der Waals surface area (Å²) in [6, 6.07) is 21.3. The number of rotatable bonds is 7. The van der Waals surface area contributed by atoms with Gasteiger partial charge in [-0.15, -0.1) is 0 Å². The predicted octanol–water partition coefficient (Wildman–Crippen LogP) is 5.47. The summed E-state index contributed by atoms with van der Waals surface area (Å²) in [5.41, 5.74) is 1.64. The molecule has 1 aliphatic rings. The van der Waals surface area contributed by atoms with Crippen molar-refractivity contribution in [3.8, 4) is 5.75 Å². The quantitative estimate of drug-likeness (QED) is 0.373. The van der Waals surface area contributed by atoms with Crippen LogP contribution in [0.2, 0.25) is 0 Å². The third-order valence-electron chi connectivity index (χ3n) is 5.08. The summed E-state index contributed by atoms with van der Waals surface area (Å²) in [6.45, 7) is 0.408. The normalized spacial score (nSPS) is 14.9. The van der Waals surface area contributed by atoms with Crippen LogP contribution in [0.15, 0.2) is 71.6 Å². The summed E-state index contributed by atoms with van der Waals surface area (Å²) >= 11 is 6.67. The third kappa shape index (κ3) is 5.18. The Bertz CT molecular complexity index is 1220. The van der Waals surface area contributed by atoms with Crippen molar-refractivity contribution in [3.63, 3.8) is 0 Å². The number of carbonyl (C=O) groups excluding carboxylic acids is 2. The van der Waals surface area contributed by atoms with Gasteiger partial charge in [-0.1, -0.05) is 66.4 Å². The van der Waals surface area contributed by atoms with Crippen LogP contribution in [0.5, 0.6) is 5.75 Å². The van der Waals surface area contributed by atoms with Crippen LogP contribution >= 0.6 is 24.0 Å². The molecule has 0 bridgehead atoms. The highest BCUT2D eigenvalue weighted by Crippen LogP contribution is 2.33. The molecular formula is C25H22N2O3S2. The minimum Gasteiger partial charge on any atom is -0.497 e. The molecule has 162 valence electrons. The molecule has 0 aromatic heterocycles. The van der Waals surface area contributed by atoms with Crippen LogP contribution in [0.25, 0.3) is 16.8 Å². The van der Waals surface area contributed by atoms with Crippen LogP contribution in [0, 0.1) is 0 Å². The SMILES string of the molecule is COc1cccc(/C=C2\SC(=S)N(CCCC(=O)Nc3ccc4ccccc4c3)C2=O)c1. The highest BCUT2D eigenvalue weighted by atomic mass is 32.2. The van der Waals surface area contributed by atoms with Gasteiger partial charge in [0.2, 0.25) is 5.91 Å². The first kappa shape index (κ1) is 22.0. The van der Waals surface area contributed by atoms with Crippen molar-refractivity contribution in [2.75, 3.05) is 19.0 Å². The zero-order valence-corrected chi connectivity index (χ0v) is 19.2. The maximum atomic E-state index is 12.8. The van der Waals surface area contributed by atoms with Crippen LogP contribution in [0.3, 0.4) is 0 Å². The van der Waals surface area contributed by atoms with Crippen molar-refractivity contribution < 1.29 is 14.3 Å². The summed E-state index contributed by atoms with van der Waals surface area (Å²) < 4.78 is 5.75. The minimum absolute atomic E-state index is 0.0855. The van der Waals surface area contributed by atoms with Crippen LogP contribution in [0.4, 0.5) is 5.69 Å². The Kier molecular flexibility index (Phi) is 6.87. The smallest absolute Gasteiger partial charge is 0.266 e. The van der Waals surface area contributed by atoms with Crippen LogP contribution in [-0.4, -0.2) is 34.7 Å². The van der Waals surface area contributed by atoms with E-state index in [9.17, 15) is 9.59 Å². The number of nitrogens with one attached hydrogen (secondary N) is 1. The molecule has 1 N–H and O–H groups in total. The highest BCUT2D eigenvalue weighted by molar-refractivity contribution is 8.26. The van der Waals surface area contributed by atoms with Gasteiger partial charge in [-0.25, -0.2) is 0 Å². The number of amides is 2. The molecule has 5 nitrogen and oxygen atoms in total. The number of benzene rings is 3. The molecule has 2 amide bonds. The topological polar surface area (TPSA) is 58.6 Å². The van der Waals surface area contributed by atoms with E-state index in [1.807, 2.05) is 72.8 Å². The lowest BCUT2D eigenvalue weighted by molar-refractivity contribution is -0.122. The highest BCUT2D eigenvalue weighted by Gasteiger charge is 2.31. The van der Waals surface area contributed by atoms with E-state index in [1.165, 1.54) is 11.8 Å². The average molecular weight is 463 g/mol. The van der Waals surface area contributed by atoms with E-state index < -0.39 is 0 Å². The number of fused-ring (bicyclic) bond motifs is 1. The number of carbonyl (C=O) groups is 2. The first-order valence-electron chi connectivity index (χ1n) is 10.2. The lowest BCUT2D eigenvalue weighted by atomic mass is 10.1. The molecule has 1 aliphatic heterocycles. The molecule has 4 rings (SSSR count). The molecule has 0 saturated carbocycles. The van der Waals surface area contributed by atoms with Crippen molar-refractivity contribution in [1.82, 2.24) is 4.90 Å². The van der Waals surface area contributed by atoms with Crippen molar-refractivity contribution in [3.05, 3.63) is 77.2 Å². The molecule has 1 heterocycles. The van der Waals surface area contributed by atoms with Crippen LogP contribution < -0.4 is 10.1 Å². The van der Waals surface area contributed by atoms with E-state index in [1.54, 1.807) is 12.0 Å². The summed E-state index contributed by atoms with van der Waals surface area (Å²) in [5, 5.41) is 5.13. The fourth-order valence-corrected chi connectivity index (χ4v) is 4.77. The zero-order chi connectivity index (χ0) is 22.5. The molecule has 7 heteroatoms. The van der Waals surface area contributed by atoms with Gasteiger partial charge in [0.1, 0.15) is 10.1 Å². The molecule has 1 saturated heterocycles. The van der Waals surface area contributed by atoms with Gasteiger partial charge in [-0.05, 0) is 53.1 Å². The van der Waals surface area contributed by atoms with E-state index in [2.05, 4.69) is 5.32 Å². The summed E-state index contributed by atoms with van der Waals surface area (Å²) in [6.07, 6.45) is 2.64. The lowest BCUT2D eigenvalue weighted by Crippen LogP contribution is -2.29. The summed E-state index contributed by atoms with van der Waals surface area (Å²) in [5.74, 6) is 0.516.